The second-order valence-corrected chi connectivity index (χ2v) is 8.06. The van der Waals surface area contributed by atoms with Crippen LogP contribution in [0.15, 0.2) is 52.5 Å². The highest BCUT2D eigenvalue weighted by Crippen LogP contribution is 2.37. The molecule has 0 amide bonds. The van der Waals surface area contributed by atoms with Gasteiger partial charge in [-0.25, -0.2) is 4.98 Å². The number of nitrogens with zero attached hydrogens (tertiary/aromatic N) is 3. The third-order valence-corrected chi connectivity index (χ3v) is 5.78. The molecule has 0 unspecified atom stereocenters. The molecule has 1 aliphatic rings. The van der Waals surface area contributed by atoms with Crippen molar-refractivity contribution in [3.05, 3.63) is 64.1 Å². The number of aliphatic hydroxyl groups is 1. The molecule has 0 spiro atoms. The van der Waals surface area contributed by atoms with Gasteiger partial charge in [0.25, 0.3) is 0 Å². The summed E-state index contributed by atoms with van der Waals surface area (Å²) in [5, 5.41) is 5.88. The van der Waals surface area contributed by atoms with Gasteiger partial charge in [-0.2, -0.15) is 0 Å². The number of rotatable bonds is 6. The molecule has 160 valence electrons. The van der Waals surface area contributed by atoms with E-state index in [0.29, 0.717) is 28.9 Å². The maximum atomic E-state index is 8.94. The van der Waals surface area contributed by atoms with E-state index < -0.39 is 30.7 Å². The monoisotopic (exact) mass is 506 g/mol. The summed E-state index contributed by atoms with van der Waals surface area (Å²) in [4.78, 5) is 8.50. The lowest BCUT2D eigenvalue weighted by atomic mass is 10.1. The van der Waals surface area contributed by atoms with Crippen molar-refractivity contribution < 1.29 is 22.2 Å². The van der Waals surface area contributed by atoms with Crippen LogP contribution in [0.1, 0.15) is 54.6 Å². The van der Waals surface area contributed by atoms with E-state index in [1.54, 1.807) is 30.3 Å². The quantitative estimate of drug-likeness (QED) is 0.459. The highest BCUT2D eigenvalue weighted by atomic mass is 79.9. The molecule has 3 aromatic rings. The first-order chi connectivity index (χ1) is 18.5. The molecule has 0 aliphatic heterocycles. The van der Waals surface area contributed by atoms with Crippen LogP contribution in [0, 0.1) is 18.8 Å². The first kappa shape index (κ1) is 13.3. The number of benzene rings is 1. The molecule has 5 nitrogen and oxygen atoms in total. The number of aromatic nitrogens is 3. The van der Waals surface area contributed by atoms with Crippen LogP contribution in [-0.2, 0) is 6.61 Å². The topological polar surface area (TPSA) is 60.2 Å². The predicted octanol–water partition coefficient (Wildman–Crippen LogP) is 5.30. The Labute approximate surface area is 208 Å². The minimum atomic E-state index is -3.32. The van der Waals surface area contributed by atoms with Gasteiger partial charge in [0.15, 0.2) is 5.16 Å². The first-order valence-electron chi connectivity index (χ1n) is 13.7. The fourth-order valence-corrected chi connectivity index (χ4v) is 4.26. The molecule has 4 rings (SSSR count). The zero-order valence-electron chi connectivity index (χ0n) is 25.4. The number of aliphatic hydroxyl groups excluding tert-OH is 1. The van der Waals surface area contributed by atoms with Gasteiger partial charge < -0.3 is 9.84 Å². The molecular formula is C24H24BrN3O2S. The van der Waals surface area contributed by atoms with Crippen molar-refractivity contribution in [2.24, 2.45) is 0 Å². The highest BCUT2D eigenvalue weighted by Gasteiger charge is 2.23. The van der Waals surface area contributed by atoms with Crippen LogP contribution in [0.5, 0.6) is 5.75 Å². The van der Waals surface area contributed by atoms with E-state index in [1.807, 2.05) is 6.92 Å². The molecule has 7 heteroatoms. The van der Waals surface area contributed by atoms with Crippen LogP contribution in [0.3, 0.4) is 0 Å². The SMILES string of the molecule is [2H]C1([2H])C([2H])([2H])C([2H])([2H])C([2H])(Sc2nc(Br)c(COc3ccc(C#CCO)c(C)c3)n2-c2cccnc2)C1([2H])[2H]. The fraction of sp³-hybridized carbons (Fsp3) is 0.333. The molecule has 0 radical (unpaired) electrons. The van der Waals surface area contributed by atoms with Gasteiger partial charge in [0.1, 0.15) is 23.6 Å². The third kappa shape index (κ3) is 5.32. The Balaban J connectivity index is 1.77. The van der Waals surface area contributed by atoms with Crippen LogP contribution in [0.25, 0.3) is 5.69 Å². The lowest BCUT2D eigenvalue weighted by Gasteiger charge is -2.14. The van der Waals surface area contributed by atoms with Crippen molar-refractivity contribution >= 4 is 27.7 Å². The Hall–Kier alpha value is -2.27. The minimum absolute atomic E-state index is 0.0728. The van der Waals surface area contributed by atoms with E-state index in [9.17, 15) is 0 Å². The van der Waals surface area contributed by atoms with Crippen molar-refractivity contribution in [2.75, 3.05) is 6.61 Å². The minimum Gasteiger partial charge on any atom is -0.487 e. The van der Waals surface area contributed by atoms with Gasteiger partial charge in [0.05, 0.1) is 17.6 Å². The number of ether oxygens (including phenoxy) is 1. The van der Waals surface area contributed by atoms with Gasteiger partial charge in [0, 0.05) is 29.3 Å². The summed E-state index contributed by atoms with van der Waals surface area (Å²) in [6.45, 7) is 1.51. The molecule has 0 bridgehead atoms. The van der Waals surface area contributed by atoms with Crippen LogP contribution >= 0.6 is 27.7 Å². The normalized spacial score (nSPS) is 25.6. The van der Waals surface area contributed by atoms with E-state index in [2.05, 4.69) is 37.7 Å². The van der Waals surface area contributed by atoms with Gasteiger partial charge in [-0.15, -0.1) is 0 Å². The average molecular weight is 508 g/mol. The Morgan fingerprint density at radius 1 is 1.39 bits per heavy atom. The molecule has 1 fully saturated rings. The van der Waals surface area contributed by atoms with E-state index in [1.165, 1.54) is 17.0 Å². The Morgan fingerprint density at radius 2 is 2.23 bits per heavy atom. The number of halogens is 1. The molecule has 1 aromatic carbocycles. The lowest BCUT2D eigenvalue weighted by molar-refractivity contribution is 0.297. The van der Waals surface area contributed by atoms with Crippen molar-refractivity contribution in [3.8, 4) is 23.3 Å². The zero-order valence-corrected chi connectivity index (χ0v) is 18.8. The molecule has 1 aliphatic carbocycles. The van der Waals surface area contributed by atoms with Gasteiger partial charge in [-0.1, -0.05) is 36.3 Å². The lowest BCUT2D eigenvalue weighted by Crippen LogP contribution is -2.07. The summed E-state index contributed by atoms with van der Waals surface area (Å²) in [6, 6.07) is 8.52. The van der Waals surface area contributed by atoms with E-state index in [0.717, 1.165) is 11.1 Å². The number of hydrogen-bond donors (Lipinski definition) is 1. The van der Waals surface area contributed by atoms with E-state index in [-0.39, 0.29) is 23.0 Å². The summed E-state index contributed by atoms with van der Waals surface area (Å²) < 4.78 is 82.7. The number of hydrogen-bond acceptors (Lipinski definition) is 5. The van der Waals surface area contributed by atoms with Crippen molar-refractivity contribution in [2.45, 2.75) is 49.4 Å². The van der Waals surface area contributed by atoms with Crippen LogP contribution in [-0.4, -0.2) is 31.5 Å². The third-order valence-electron chi connectivity index (χ3n) is 4.28. The van der Waals surface area contributed by atoms with Crippen LogP contribution in [0.4, 0.5) is 0 Å². The Kier molecular flexibility index (Phi) is 4.45. The van der Waals surface area contributed by atoms with Crippen molar-refractivity contribution in [1.82, 2.24) is 14.5 Å². The second-order valence-electron chi connectivity index (χ2n) is 6.33. The average Bonchev–Trinajstić information content (AvgIpc) is 3.22. The predicted molar refractivity (Wildman–Crippen MR) is 127 cm³/mol. The summed E-state index contributed by atoms with van der Waals surface area (Å²) in [5.41, 5.74) is 2.38. The summed E-state index contributed by atoms with van der Waals surface area (Å²) in [7, 11) is 0. The molecule has 0 atom stereocenters. The zero-order chi connectivity index (χ0) is 29.7. The van der Waals surface area contributed by atoms with Gasteiger partial charge in [0.2, 0.25) is 0 Å². The van der Waals surface area contributed by atoms with E-state index >= 15 is 0 Å². The highest BCUT2D eigenvalue weighted by molar-refractivity contribution is 9.10. The van der Waals surface area contributed by atoms with Crippen molar-refractivity contribution in [1.29, 1.82) is 0 Å². The smallest absolute Gasteiger partial charge is 0.174 e. The molecular weight excluding hydrogens is 474 g/mol. The largest absolute Gasteiger partial charge is 0.487 e. The molecule has 1 saturated carbocycles. The number of thioether (sulfide) groups is 1. The molecule has 2 heterocycles. The molecule has 2 aromatic heterocycles. The maximum Gasteiger partial charge on any atom is 0.174 e. The Bertz CT molecular complexity index is 1460. The molecule has 31 heavy (non-hydrogen) atoms. The first-order valence-corrected chi connectivity index (χ1v) is 10.8. The van der Waals surface area contributed by atoms with Gasteiger partial charge in [-0.05, 0) is 71.5 Å². The summed E-state index contributed by atoms with van der Waals surface area (Å²) >= 11 is 3.68. The van der Waals surface area contributed by atoms with Gasteiger partial charge >= 0.3 is 0 Å². The maximum absolute atomic E-state index is 8.94. The van der Waals surface area contributed by atoms with Crippen LogP contribution in [0.2, 0.25) is 0 Å². The second kappa shape index (κ2) is 10.4. The molecule has 0 saturated heterocycles. The fourth-order valence-electron chi connectivity index (χ4n) is 2.85. The summed E-state index contributed by atoms with van der Waals surface area (Å²) in [6.07, 6.45) is -10.1. The standard InChI is InChI=1S/C24H24BrN3O2S/c1-17-14-20(11-10-18(17)6-5-13-29)30-16-22-23(25)27-24(31-21-8-2-3-9-21)28(22)19-7-4-12-26-15-19/h4,7,10-12,14-15,21,29H,2-3,8-9,13,16H2,1H3/i2D2,3D2,8D2,9D2,21D. The number of imidazole rings is 1. The Morgan fingerprint density at radius 3 is 2.94 bits per heavy atom. The van der Waals surface area contributed by atoms with Crippen molar-refractivity contribution in [3.63, 3.8) is 0 Å². The number of aryl methyl sites for hydroxylation is 1. The summed E-state index contributed by atoms with van der Waals surface area (Å²) in [5.74, 6) is 5.94. The van der Waals surface area contributed by atoms with E-state index in [4.69, 9.17) is 22.2 Å². The van der Waals surface area contributed by atoms with Crippen LogP contribution < -0.4 is 4.74 Å². The van der Waals surface area contributed by atoms with Gasteiger partial charge in [-0.3, -0.25) is 9.55 Å². The molecule has 1 N–H and O–H groups in total. The number of pyridine rings is 1.